The van der Waals surface area contributed by atoms with Crippen LogP contribution in [0.15, 0.2) is 0 Å². The lowest BCUT2D eigenvalue weighted by molar-refractivity contribution is -0.122. The molecule has 0 aromatic rings. The first-order valence-corrected chi connectivity index (χ1v) is 7.82. The average molecular weight is 316 g/mol. The molecule has 0 rings (SSSR count). The van der Waals surface area contributed by atoms with Gasteiger partial charge in [0.05, 0.1) is 11.8 Å². The standard InChI is InChI=1S/C11H25N3O3S.ClH/c1-8(2)7-10(12)11(15)13-5-6-18(16,17)14-9(3)4;/h8-10,14H,5-7,12H2,1-4H3,(H,13,15);1H/t10-;/m0./s1. The molecule has 0 aliphatic rings. The van der Waals surface area contributed by atoms with E-state index < -0.39 is 16.1 Å². The van der Waals surface area contributed by atoms with E-state index in [9.17, 15) is 13.2 Å². The van der Waals surface area contributed by atoms with E-state index in [4.69, 9.17) is 5.73 Å². The maximum Gasteiger partial charge on any atom is 0.236 e. The van der Waals surface area contributed by atoms with Crippen molar-refractivity contribution in [3.05, 3.63) is 0 Å². The van der Waals surface area contributed by atoms with Crippen LogP contribution in [0.3, 0.4) is 0 Å². The number of carbonyl (C=O) groups excluding carboxylic acids is 1. The summed E-state index contributed by atoms with van der Waals surface area (Å²) >= 11 is 0. The second-order valence-electron chi connectivity index (χ2n) is 5.12. The van der Waals surface area contributed by atoms with E-state index in [-0.39, 0.29) is 36.7 Å². The molecule has 0 saturated heterocycles. The summed E-state index contributed by atoms with van der Waals surface area (Å²) in [5.41, 5.74) is 5.67. The second kappa shape index (κ2) is 9.52. The molecule has 0 heterocycles. The second-order valence-corrected chi connectivity index (χ2v) is 6.99. The smallest absolute Gasteiger partial charge is 0.236 e. The Kier molecular flexibility index (Phi) is 10.5. The predicted octanol–water partition coefficient (Wildman–Crippen LogP) is 0.226. The van der Waals surface area contributed by atoms with Gasteiger partial charge in [0.25, 0.3) is 0 Å². The summed E-state index contributed by atoms with van der Waals surface area (Å²) in [6.07, 6.45) is 0.586. The van der Waals surface area contributed by atoms with Gasteiger partial charge in [0.2, 0.25) is 15.9 Å². The van der Waals surface area contributed by atoms with Crippen LogP contribution in [0.4, 0.5) is 0 Å². The number of nitrogens with two attached hydrogens (primary N) is 1. The topological polar surface area (TPSA) is 101 Å². The minimum absolute atomic E-state index is 0. The summed E-state index contributed by atoms with van der Waals surface area (Å²) in [4.78, 5) is 11.5. The fourth-order valence-electron chi connectivity index (χ4n) is 1.47. The van der Waals surface area contributed by atoms with Crippen LogP contribution >= 0.6 is 12.4 Å². The van der Waals surface area contributed by atoms with Crippen LogP contribution in [0.2, 0.25) is 0 Å². The van der Waals surface area contributed by atoms with Crippen molar-refractivity contribution in [2.45, 2.75) is 46.2 Å². The van der Waals surface area contributed by atoms with Crippen LogP contribution in [0.25, 0.3) is 0 Å². The third-order valence-electron chi connectivity index (χ3n) is 2.15. The summed E-state index contributed by atoms with van der Waals surface area (Å²) in [5, 5.41) is 2.53. The van der Waals surface area contributed by atoms with Crippen molar-refractivity contribution >= 4 is 28.3 Å². The Hall–Kier alpha value is -0.370. The van der Waals surface area contributed by atoms with E-state index in [2.05, 4.69) is 10.0 Å². The molecule has 0 radical (unpaired) electrons. The van der Waals surface area contributed by atoms with Gasteiger partial charge in [0, 0.05) is 12.6 Å². The van der Waals surface area contributed by atoms with Crippen LogP contribution in [-0.4, -0.2) is 38.7 Å². The molecule has 0 aromatic carbocycles. The Labute approximate surface area is 122 Å². The minimum Gasteiger partial charge on any atom is -0.354 e. The molecular formula is C11H26ClN3O3S. The number of halogens is 1. The molecule has 4 N–H and O–H groups in total. The molecule has 0 aliphatic heterocycles. The Balaban J connectivity index is 0. The van der Waals surface area contributed by atoms with Crippen LogP contribution in [0.5, 0.6) is 0 Å². The van der Waals surface area contributed by atoms with Gasteiger partial charge >= 0.3 is 0 Å². The maximum atomic E-state index is 11.5. The van der Waals surface area contributed by atoms with Gasteiger partial charge < -0.3 is 11.1 Å². The highest BCUT2D eigenvalue weighted by molar-refractivity contribution is 7.89. The SMILES string of the molecule is CC(C)C[C@H](N)C(=O)NCCS(=O)(=O)NC(C)C.Cl. The summed E-state index contributed by atoms with van der Waals surface area (Å²) in [7, 11) is -3.33. The fourth-order valence-corrected chi connectivity index (χ4v) is 2.68. The fraction of sp³-hybridized carbons (Fsp3) is 0.909. The lowest BCUT2D eigenvalue weighted by Crippen LogP contribution is -2.44. The van der Waals surface area contributed by atoms with E-state index in [0.717, 1.165) is 0 Å². The first kappa shape index (κ1) is 20.9. The molecule has 0 aliphatic carbocycles. The lowest BCUT2D eigenvalue weighted by atomic mass is 10.0. The number of nitrogens with one attached hydrogen (secondary N) is 2. The third-order valence-corrected chi connectivity index (χ3v) is 3.72. The predicted molar refractivity (Wildman–Crippen MR) is 79.7 cm³/mol. The van der Waals surface area contributed by atoms with Crippen LogP contribution in [-0.2, 0) is 14.8 Å². The van der Waals surface area contributed by atoms with Gasteiger partial charge in [-0.1, -0.05) is 13.8 Å². The normalized spacial score (nSPS) is 13.2. The molecule has 0 unspecified atom stereocenters. The molecule has 0 saturated carbocycles. The van der Waals surface area contributed by atoms with Gasteiger partial charge in [0.15, 0.2) is 0 Å². The molecule has 6 nitrogen and oxygen atoms in total. The van der Waals surface area contributed by atoms with Crippen molar-refractivity contribution in [1.29, 1.82) is 0 Å². The zero-order valence-electron chi connectivity index (χ0n) is 12.0. The van der Waals surface area contributed by atoms with Crippen molar-refractivity contribution in [1.82, 2.24) is 10.0 Å². The Morgan fingerprint density at radius 2 is 1.74 bits per heavy atom. The molecular weight excluding hydrogens is 290 g/mol. The first-order chi connectivity index (χ1) is 8.14. The number of sulfonamides is 1. The Bertz CT molecular complexity index is 358. The Morgan fingerprint density at radius 3 is 2.16 bits per heavy atom. The summed E-state index contributed by atoms with van der Waals surface area (Å²) in [6, 6.07) is -0.723. The number of rotatable bonds is 8. The number of carbonyl (C=O) groups is 1. The van der Waals surface area contributed by atoms with Gasteiger partial charge in [-0.15, -0.1) is 12.4 Å². The number of amides is 1. The van der Waals surface area contributed by atoms with Gasteiger partial charge in [-0.2, -0.15) is 0 Å². The quantitative estimate of drug-likeness (QED) is 0.596. The average Bonchev–Trinajstić information content (AvgIpc) is 2.13. The summed E-state index contributed by atoms with van der Waals surface area (Å²) in [5.74, 6) is -0.105. The van der Waals surface area contributed by atoms with Gasteiger partial charge in [-0.3, -0.25) is 4.79 Å². The van der Waals surface area contributed by atoms with E-state index >= 15 is 0 Å². The van der Waals surface area contributed by atoms with Crippen LogP contribution in [0, 0.1) is 5.92 Å². The van der Waals surface area contributed by atoms with Gasteiger partial charge in [0.1, 0.15) is 0 Å². The molecule has 1 amide bonds. The molecule has 116 valence electrons. The highest BCUT2D eigenvalue weighted by Gasteiger charge is 2.16. The first-order valence-electron chi connectivity index (χ1n) is 6.17. The molecule has 0 bridgehead atoms. The summed E-state index contributed by atoms with van der Waals surface area (Å²) in [6.45, 7) is 7.52. The zero-order chi connectivity index (χ0) is 14.3. The zero-order valence-corrected chi connectivity index (χ0v) is 13.6. The maximum absolute atomic E-state index is 11.5. The van der Waals surface area contributed by atoms with Gasteiger partial charge in [-0.25, -0.2) is 13.1 Å². The number of hydrogen-bond donors (Lipinski definition) is 3. The van der Waals surface area contributed by atoms with E-state index in [0.29, 0.717) is 12.3 Å². The van der Waals surface area contributed by atoms with Crippen LogP contribution < -0.4 is 15.8 Å². The van der Waals surface area contributed by atoms with E-state index in [1.165, 1.54) is 0 Å². The monoisotopic (exact) mass is 315 g/mol. The van der Waals surface area contributed by atoms with Crippen LogP contribution in [0.1, 0.15) is 34.1 Å². The molecule has 1 atom stereocenters. The molecule has 0 fully saturated rings. The molecule has 0 aromatic heterocycles. The third kappa shape index (κ3) is 11.2. The van der Waals surface area contributed by atoms with Crippen molar-refractivity contribution in [3.63, 3.8) is 0 Å². The highest BCUT2D eigenvalue weighted by Crippen LogP contribution is 2.02. The minimum atomic E-state index is -3.33. The largest absolute Gasteiger partial charge is 0.354 e. The van der Waals surface area contributed by atoms with Gasteiger partial charge in [-0.05, 0) is 26.2 Å². The number of hydrogen-bond acceptors (Lipinski definition) is 4. The Morgan fingerprint density at radius 1 is 1.21 bits per heavy atom. The highest BCUT2D eigenvalue weighted by atomic mass is 35.5. The van der Waals surface area contributed by atoms with Crippen molar-refractivity contribution in [3.8, 4) is 0 Å². The lowest BCUT2D eigenvalue weighted by Gasteiger charge is -2.14. The molecule has 0 spiro atoms. The molecule has 8 heteroatoms. The van der Waals surface area contributed by atoms with E-state index in [1.54, 1.807) is 13.8 Å². The van der Waals surface area contributed by atoms with Crippen molar-refractivity contribution < 1.29 is 13.2 Å². The van der Waals surface area contributed by atoms with Crippen molar-refractivity contribution in [2.24, 2.45) is 11.7 Å². The molecule has 19 heavy (non-hydrogen) atoms. The van der Waals surface area contributed by atoms with Crippen molar-refractivity contribution in [2.75, 3.05) is 12.3 Å². The van der Waals surface area contributed by atoms with E-state index in [1.807, 2.05) is 13.8 Å². The summed E-state index contributed by atoms with van der Waals surface area (Å²) < 4.78 is 25.4.